The highest BCUT2D eigenvalue weighted by molar-refractivity contribution is 5.35. The van der Waals surface area contributed by atoms with Gasteiger partial charge >= 0.3 is 0 Å². The van der Waals surface area contributed by atoms with Crippen LogP contribution in [0.4, 0.5) is 0 Å². The third-order valence-corrected chi connectivity index (χ3v) is 3.44. The lowest BCUT2D eigenvalue weighted by Gasteiger charge is -2.24. The molecule has 0 aliphatic rings. The van der Waals surface area contributed by atoms with E-state index >= 15 is 0 Å². The maximum atomic E-state index is 5.55. The smallest absolute Gasteiger partial charge is 0.0652 e. The van der Waals surface area contributed by atoms with Gasteiger partial charge in [-0.1, -0.05) is 60.2 Å². The van der Waals surface area contributed by atoms with Gasteiger partial charge in [0.05, 0.1) is 6.10 Å². The van der Waals surface area contributed by atoms with Gasteiger partial charge in [-0.05, 0) is 25.0 Å². The Hall–Kier alpha value is -1.60. The van der Waals surface area contributed by atoms with Gasteiger partial charge in [0.25, 0.3) is 0 Å². The molecule has 2 atom stereocenters. The van der Waals surface area contributed by atoms with Crippen molar-refractivity contribution in [3.8, 4) is 0 Å². The summed E-state index contributed by atoms with van der Waals surface area (Å²) in [5.74, 6) is 0.289. The number of hydrogen-bond acceptors (Lipinski definition) is 1. The van der Waals surface area contributed by atoms with E-state index in [1.54, 1.807) is 7.11 Å². The molecule has 0 aromatic heterocycles. The summed E-state index contributed by atoms with van der Waals surface area (Å²) in [6.45, 7) is 4.23. The third-order valence-electron chi connectivity index (χ3n) is 3.44. The van der Waals surface area contributed by atoms with Gasteiger partial charge in [-0.2, -0.15) is 0 Å². The zero-order valence-corrected chi connectivity index (χ0v) is 11.3. The van der Waals surface area contributed by atoms with Crippen LogP contribution in [0.1, 0.15) is 29.5 Å². The maximum absolute atomic E-state index is 5.55. The molecule has 2 aromatic rings. The Bertz CT molecular complexity index is 473. The Labute approximate surface area is 109 Å². The summed E-state index contributed by atoms with van der Waals surface area (Å²) in [5.41, 5.74) is 3.90. The van der Waals surface area contributed by atoms with E-state index in [-0.39, 0.29) is 12.0 Å². The van der Waals surface area contributed by atoms with Crippen molar-refractivity contribution in [2.75, 3.05) is 7.11 Å². The second kappa shape index (κ2) is 5.83. The summed E-state index contributed by atoms with van der Waals surface area (Å²) in [6, 6.07) is 19.3. The molecule has 0 aliphatic carbocycles. The van der Waals surface area contributed by atoms with Crippen LogP contribution in [0.5, 0.6) is 0 Å². The second-order valence-electron chi connectivity index (χ2n) is 4.74. The van der Waals surface area contributed by atoms with Gasteiger partial charge in [0.15, 0.2) is 0 Å². The largest absolute Gasteiger partial charge is 0.381 e. The molecule has 18 heavy (non-hydrogen) atoms. The number of hydrogen-bond donors (Lipinski definition) is 0. The molecule has 94 valence electrons. The molecule has 0 aliphatic heterocycles. The van der Waals surface area contributed by atoms with Crippen molar-refractivity contribution in [3.05, 3.63) is 71.3 Å². The molecule has 0 heterocycles. The summed E-state index contributed by atoms with van der Waals surface area (Å²) < 4.78 is 5.55. The van der Waals surface area contributed by atoms with Gasteiger partial charge in [0.2, 0.25) is 0 Å². The molecule has 0 amide bonds. The zero-order chi connectivity index (χ0) is 13.0. The first-order valence-corrected chi connectivity index (χ1v) is 6.36. The van der Waals surface area contributed by atoms with Crippen molar-refractivity contribution in [1.29, 1.82) is 0 Å². The van der Waals surface area contributed by atoms with Gasteiger partial charge in [0.1, 0.15) is 0 Å². The second-order valence-corrected chi connectivity index (χ2v) is 4.74. The van der Waals surface area contributed by atoms with Crippen molar-refractivity contribution in [2.24, 2.45) is 0 Å². The standard InChI is InChI=1S/C17H20O/c1-13-9-11-16(12-10-13)17(14(2)18-3)15-7-5-4-6-8-15/h4-12,14,17H,1-3H3. The van der Waals surface area contributed by atoms with Crippen LogP contribution >= 0.6 is 0 Å². The summed E-state index contributed by atoms with van der Waals surface area (Å²) in [7, 11) is 1.77. The van der Waals surface area contributed by atoms with Gasteiger partial charge in [-0.25, -0.2) is 0 Å². The molecular weight excluding hydrogens is 220 g/mol. The molecular formula is C17H20O. The molecule has 2 aromatic carbocycles. The molecule has 0 saturated heterocycles. The monoisotopic (exact) mass is 240 g/mol. The Morgan fingerprint density at radius 3 is 1.94 bits per heavy atom. The molecule has 0 radical (unpaired) electrons. The molecule has 2 rings (SSSR count). The minimum Gasteiger partial charge on any atom is -0.381 e. The zero-order valence-electron chi connectivity index (χ0n) is 11.3. The molecule has 1 heteroatoms. The lowest BCUT2D eigenvalue weighted by molar-refractivity contribution is 0.104. The molecule has 0 bridgehead atoms. The number of rotatable bonds is 4. The van der Waals surface area contributed by atoms with Gasteiger partial charge in [-0.15, -0.1) is 0 Å². The Kier molecular flexibility index (Phi) is 4.16. The molecule has 0 saturated carbocycles. The number of aryl methyl sites for hydroxylation is 1. The first kappa shape index (κ1) is 12.8. The van der Waals surface area contributed by atoms with E-state index in [9.17, 15) is 0 Å². The predicted molar refractivity (Wildman–Crippen MR) is 75.9 cm³/mol. The number of methoxy groups -OCH3 is 1. The maximum Gasteiger partial charge on any atom is 0.0652 e. The van der Waals surface area contributed by atoms with Gasteiger partial charge in [0, 0.05) is 13.0 Å². The van der Waals surface area contributed by atoms with Crippen LogP contribution < -0.4 is 0 Å². The first-order chi connectivity index (χ1) is 8.72. The fourth-order valence-electron chi connectivity index (χ4n) is 2.30. The average molecular weight is 240 g/mol. The Morgan fingerprint density at radius 1 is 0.833 bits per heavy atom. The van der Waals surface area contributed by atoms with Gasteiger partial charge < -0.3 is 4.74 Å². The van der Waals surface area contributed by atoms with E-state index in [0.29, 0.717) is 0 Å². The fraction of sp³-hybridized carbons (Fsp3) is 0.294. The van der Waals surface area contributed by atoms with Crippen molar-refractivity contribution in [2.45, 2.75) is 25.9 Å². The van der Waals surface area contributed by atoms with Crippen LogP contribution in [0, 0.1) is 6.92 Å². The lowest BCUT2D eigenvalue weighted by Crippen LogP contribution is -2.18. The lowest BCUT2D eigenvalue weighted by atomic mass is 9.87. The topological polar surface area (TPSA) is 9.23 Å². The first-order valence-electron chi connectivity index (χ1n) is 6.36. The van der Waals surface area contributed by atoms with Crippen molar-refractivity contribution in [1.82, 2.24) is 0 Å². The van der Waals surface area contributed by atoms with Gasteiger partial charge in [-0.3, -0.25) is 0 Å². The highest BCUT2D eigenvalue weighted by atomic mass is 16.5. The van der Waals surface area contributed by atoms with Crippen LogP contribution in [0.25, 0.3) is 0 Å². The van der Waals surface area contributed by atoms with E-state index in [2.05, 4.69) is 62.4 Å². The summed E-state index contributed by atoms with van der Waals surface area (Å²) in [6.07, 6.45) is 0.162. The molecule has 1 nitrogen and oxygen atoms in total. The van der Waals surface area contributed by atoms with Crippen LogP contribution in [0.3, 0.4) is 0 Å². The van der Waals surface area contributed by atoms with Crippen molar-refractivity contribution < 1.29 is 4.74 Å². The van der Waals surface area contributed by atoms with Crippen molar-refractivity contribution >= 4 is 0 Å². The SMILES string of the molecule is COC(C)C(c1ccccc1)c1ccc(C)cc1. The molecule has 2 unspecified atom stereocenters. The summed E-state index contributed by atoms with van der Waals surface area (Å²) in [4.78, 5) is 0. The van der Waals surface area contributed by atoms with Crippen LogP contribution in [-0.2, 0) is 4.74 Å². The number of ether oxygens (including phenoxy) is 1. The van der Waals surface area contributed by atoms with Crippen molar-refractivity contribution in [3.63, 3.8) is 0 Å². The normalized spacial score (nSPS) is 14.2. The fourth-order valence-corrected chi connectivity index (χ4v) is 2.30. The Morgan fingerprint density at radius 2 is 1.39 bits per heavy atom. The molecule has 0 spiro atoms. The Balaban J connectivity index is 2.40. The third kappa shape index (κ3) is 2.80. The van der Waals surface area contributed by atoms with E-state index in [1.165, 1.54) is 16.7 Å². The highest BCUT2D eigenvalue weighted by Gasteiger charge is 2.20. The summed E-state index contributed by atoms with van der Waals surface area (Å²) >= 11 is 0. The highest BCUT2D eigenvalue weighted by Crippen LogP contribution is 2.29. The predicted octanol–water partition coefficient (Wildman–Crippen LogP) is 4.16. The van der Waals surface area contributed by atoms with Crippen LogP contribution in [0.15, 0.2) is 54.6 Å². The quantitative estimate of drug-likeness (QED) is 0.779. The van der Waals surface area contributed by atoms with E-state index in [1.807, 2.05) is 6.07 Å². The summed E-state index contributed by atoms with van der Waals surface area (Å²) in [5, 5.41) is 0. The minimum absolute atomic E-state index is 0.162. The van der Waals surface area contributed by atoms with E-state index in [4.69, 9.17) is 4.74 Å². The van der Waals surface area contributed by atoms with E-state index < -0.39 is 0 Å². The molecule has 0 fully saturated rings. The average Bonchev–Trinajstić information content (AvgIpc) is 2.42. The molecule has 0 N–H and O–H groups in total. The van der Waals surface area contributed by atoms with Crippen LogP contribution in [0.2, 0.25) is 0 Å². The number of benzene rings is 2. The van der Waals surface area contributed by atoms with Crippen LogP contribution in [-0.4, -0.2) is 13.2 Å². The minimum atomic E-state index is 0.162. The van der Waals surface area contributed by atoms with E-state index in [0.717, 1.165) is 0 Å².